The van der Waals surface area contributed by atoms with Crippen molar-refractivity contribution in [3.63, 3.8) is 0 Å². The number of aliphatic hydroxyl groups is 1. The molecule has 2 aromatic rings. The Morgan fingerprint density at radius 3 is 2.33 bits per heavy atom. The van der Waals surface area contributed by atoms with E-state index in [0.717, 1.165) is 11.3 Å². The molecular formula is C18H21FN2O3. The number of urea groups is 1. The number of ether oxygens (including phenoxy) is 1. The summed E-state index contributed by atoms with van der Waals surface area (Å²) in [4.78, 5) is 11.9. The molecule has 0 saturated heterocycles. The number of carbonyl (C=O) groups is 1. The quantitative estimate of drug-likeness (QED) is 0.761. The minimum Gasteiger partial charge on any atom is -0.497 e. The number of rotatable bonds is 6. The third kappa shape index (κ3) is 4.96. The molecule has 0 saturated carbocycles. The zero-order valence-corrected chi connectivity index (χ0v) is 13.7. The second-order valence-electron chi connectivity index (χ2n) is 5.67. The first-order valence-corrected chi connectivity index (χ1v) is 7.54. The Balaban J connectivity index is 1.82. The molecule has 2 rings (SSSR count). The maximum atomic E-state index is 12.9. The van der Waals surface area contributed by atoms with Crippen molar-refractivity contribution >= 4 is 6.03 Å². The highest BCUT2D eigenvalue weighted by Crippen LogP contribution is 2.19. The van der Waals surface area contributed by atoms with Crippen LogP contribution in [-0.2, 0) is 12.1 Å². The fourth-order valence-electron chi connectivity index (χ4n) is 2.15. The van der Waals surface area contributed by atoms with Gasteiger partial charge in [-0.2, -0.15) is 0 Å². The van der Waals surface area contributed by atoms with E-state index in [1.165, 1.54) is 24.3 Å². The Bertz CT molecular complexity index is 670. The van der Waals surface area contributed by atoms with E-state index in [-0.39, 0.29) is 12.4 Å². The number of benzene rings is 2. The molecule has 2 aromatic carbocycles. The number of carbonyl (C=O) groups excluding carboxylic acids is 1. The molecule has 0 heterocycles. The summed E-state index contributed by atoms with van der Waals surface area (Å²) in [6.07, 6.45) is 0. The molecule has 0 aliphatic heterocycles. The molecule has 0 spiro atoms. The van der Waals surface area contributed by atoms with Crippen LogP contribution in [-0.4, -0.2) is 24.8 Å². The summed E-state index contributed by atoms with van der Waals surface area (Å²) in [5.41, 5.74) is 0.168. The first-order valence-electron chi connectivity index (χ1n) is 7.54. The van der Waals surface area contributed by atoms with Gasteiger partial charge >= 0.3 is 6.03 Å². The van der Waals surface area contributed by atoms with Crippen molar-refractivity contribution in [2.75, 3.05) is 13.7 Å². The van der Waals surface area contributed by atoms with Crippen LogP contribution in [0.15, 0.2) is 48.5 Å². The van der Waals surface area contributed by atoms with Crippen LogP contribution in [0.5, 0.6) is 5.75 Å². The van der Waals surface area contributed by atoms with E-state index >= 15 is 0 Å². The van der Waals surface area contributed by atoms with Crippen LogP contribution in [0.4, 0.5) is 9.18 Å². The third-order valence-electron chi connectivity index (χ3n) is 3.67. The Morgan fingerprint density at radius 1 is 1.12 bits per heavy atom. The zero-order chi connectivity index (χ0) is 17.6. The van der Waals surface area contributed by atoms with Crippen molar-refractivity contribution in [3.05, 3.63) is 65.5 Å². The lowest BCUT2D eigenvalue weighted by Crippen LogP contribution is -2.43. The summed E-state index contributed by atoms with van der Waals surface area (Å²) in [5, 5.41) is 15.7. The maximum Gasteiger partial charge on any atom is 0.315 e. The molecule has 1 atom stereocenters. The minimum absolute atomic E-state index is 0.00702. The van der Waals surface area contributed by atoms with Gasteiger partial charge in [0.1, 0.15) is 17.2 Å². The summed E-state index contributed by atoms with van der Waals surface area (Å²) in [6, 6.07) is 12.5. The first-order chi connectivity index (χ1) is 11.4. The normalized spacial score (nSPS) is 13.0. The molecule has 6 heteroatoms. The fourth-order valence-corrected chi connectivity index (χ4v) is 2.15. The molecule has 2 amide bonds. The largest absolute Gasteiger partial charge is 0.497 e. The van der Waals surface area contributed by atoms with Crippen LogP contribution in [0.3, 0.4) is 0 Å². The average Bonchev–Trinajstić information content (AvgIpc) is 2.59. The van der Waals surface area contributed by atoms with Gasteiger partial charge in [-0.25, -0.2) is 9.18 Å². The van der Waals surface area contributed by atoms with Crippen LogP contribution in [0.2, 0.25) is 0 Å². The summed E-state index contributed by atoms with van der Waals surface area (Å²) in [7, 11) is 1.59. The van der Waals surface area contributed by atoms with Gasteiger partial charge in [0.05, 0.1) is 13.7 Å². The van der Waals surface area contributed by atoms with Gasteiger partial charge in [0.15, 0.2) is 0 Å². The van der Waals surface area contributed by atoms with Gasteiger partial charge in [-0.3, -0.25) is 0 Å². The number of hydrogen-bond acceptors (Lipinski definition) is 3. The maximum absolute atomic E-state index is 12.9. The summed E-state index contributed by atoms with van der Waals surface area (Å²) in [5.74, 6) is 0.373. The molecule has 0 aliphatic rings. The lowest BCUT2D eigenvalue weighted by molar-refractivity contribution is 0.0593. The van der Waals surface area contributed by atoms with E-state index in [1.807, 2.05) is 24.3 Å². The molecule has 128 valence electrons. The van der Waals surface area contributed by atoms with Crippen molar-refractivity contribution in [1.82, 2.24) is 10.6 Å². The number of methoxy groups -OCH3 is 1. The van der Waals surface area contributed by atoms with Gasteiger partial charge in [-0.1, -0.05) is 24.3 Å². The molecule has 24 heavy (non-hydrogen) atoms. The summed E-state index contributed by atoms with van der Waals surface area (Å²) in [6.45, 7) is 1.92. The third-order valence-corrected chi connectivity index (χ3v) is 3.67. The van der Waals surface area contributed by atoms with Crippen LogP contribution in [0, 0.1) is 5.82 Å². The Kier molecular flexibility index (Phi) is 5.76. The van der Waals surface area contributed by atoms with Gasteiger partial charge in [-0.15, -0.1) is 0 Å². The van der Waals surface area contributed by atoms with Gasteiger partial charge in [0.25, 0.3) is 0 Å². The number of nitrogens with one attached hydrogen (secondary N) is 2. The van der Waals surface area contributed by atoms with Crippen LogP contribution < -0.4 is 15.4 Å². The van der Waals surface area contributed by atoms with E-state index in [2.05, 4.69) is 10.6 Å². The van der Waals surface area contributed by atoms with E-state index in [4.69, 9.17) is 4.74 Å². The Morgan fingerprint density at radius 2 is 1.75 bits per heavy atom. The van der Waals surface area contributed by atoms with E-state index < -0.39 is 11.6 Å². The van der Waals surface area contributed by atoms with Crippen LogP contribution in [0.1, 0.15) is 18.1 Å². The Hall–Kier alpha value is -2.60. The van der Waals surface area contributed by atoms with E-state index in [0.29, 0.717) is 12.1 Å². The van der Waals surface area contributed by atoms with E-state index in [9.17, 15) is 14.3 Å². The van der Waals surface area contributed by atoms with Crippen molar-refractivity contribution in [3.8, 4) is 5.75 Å². The van der Waals surface area contributed by atoms with Crippen molar-refractivity contribution in [1.29, 1.82) is 0 Å². The molecule has 0 radical (unpaired) electrons. The predicted molar refractivity (Wildman–Crippen MR) is 89.2 cm³/mol. The molecule has 0 aromatic heterocycles. The Labute approximate surface area is 140 Å². The topological polar surface area (TPSA) is 70.6 Å². The zero-order valence-electron chi connectivity index (χ0n) is 13.7. The molecule has 5 nitrogen and oxygen atoms in total. The van der Waals surface area contributed by atoms with Crippen LogP contribution >= 0.6 is 0 Å². The number of amides is 2. The SMILES string of the molecule is COc1ccc(CNC(=O)NCC(C)(O)c2ccc(F)cc2)cc1. The minimum atomic E-state index is -1.29. The smallest absolute Gasteiger partial charge is 0.315 e. The van der Waals surface area contributed by atoms with Crippen molar-refractivity contribution in [2.24, 2.45) is 0 Å². The highest BCUT2D eigenvalue weighted by atomic mass is 19.1. The van der Waals surface area contributed by atoms with Crippen LogP contribution in [0.25, 0.3) is 0 Å². The molecular weight excluding hydrogens is 311 g/mol. The molecule has 1 unspecified atom stereocenters. The van der Waals surface area contributed by atoms with Gasteiger partial charge in [0.2, 0.25) is 0 Å². The summed E-state index contributed by atoms with van der Waals surface area (Å²) >= 11 is 0. The molecule has 0 aliphatic carbocycles. The predicted octanol–water partition coefficient (Wildman–Crippen LogP) is 2.54. The highest BCUT2D eigenvalue weighted by Gasteiger charge is 2.23. The highest BCUT2D eigenvalue weighted by molar-refractivity contribution is 5.73. The molecule has 3 N–H and O–H groups in total. The fraction of sp³-hybridized carbons (Fsp3) is 0.278. The number of halogens is 1. The van der Waals surface area contributed by atoms with Crippen molar-refractivity contribution < 1.29 is 19.0 Å². The lowest BCUT2D eigenvalue weighted by Gasteiger charge is -2.24. The average molecular weight is 332 g/mol. The number of hydrogen-bond donors (Lipinski definition) is 3. The molecule has 0 fully saturated rings. The summed E-state index contributed by atoms with van der Waals surface area (Å²) < 4.78 is 18.0. The van der Waals surface area contributed by atoms with E-state index in [1.54, 1.807) is 14.0 Å². The van der Waals surface area contributed by atoms with Gasteiger partial charge in [-0.05, 0) is 42.3 Å². The second-order valence-corrected chi connectivity index (χ2v) is 5.67. The van der Waals surface area contributed by atoms with Gasteiger partial charge in [0, 0.05) is 6.54 Å². The standard InChI is InChI=1S/C18H21FN2O3/c1-18(23,14-5-7-15(19)8-6-14)12-21-17(22)20-11-13-3-9-16(24-2)10-4-13/h3-10,23H,11-12H2,1-2H3,(H2,20,21,22). The lowest BCUT2D eigenvalue weighted by atomic mass is 9.96. The second kappa shape index (κ2) is 7.79. The first kappa shape index (κ1) is 17.7. The monoisotopic (exact) mass is 332 g/mol. The van der Waals surface area contributed by atoms with Crippen molar-refractivity contribution in [2.45, 2.75) is 19.1 Å². The van der Waals surface area contributed by atoms with Gasteiger partial charge < -0.3 is 20.5 Å². The molecule has 0 bridgehead atoms.